The lowest BCUT2D eigenvalue weighted by Crippen LogP contribution is -2.28. The third-order valence-electron chi connectivity index (χ3n) is 3.86. The quantitative estimate of drug-likeness (QED) is 0.828. The lowest BCUT2D eigenvalue weighted by molar-refractivity contribution is -0.145. The van der Waals surface area contributed by atoms with Crippen LogP contribution < -0.4 is 0 Å². The maximum absolute atomic E-state index is 12.0. The second-order valence-electron chi connectivity index (χ2n) is 4.76. The molecule has 19 heavy (non-hydrogen) atoms. The number of aliphatic hydroxyl groups is 1. The van der Waals surface area contributed by atoms with Gasteiger partial charge in [0.1, 0.15) is 5.41 Å². The fraction of sp³-hybridized carbons (Fsp3) is 0.462. The molecule has 1 aliphatic rings. The highest BCUT2D eigenvalue weighted by Gasteiger charge is 2.75. The molecule has 5 nitrogen and oxygen atoms in total. The van der Waals surface area contributed by atoms with E-state index in [0.717, 1.165) is 0 Å². The highest BCUT2D eigenvalue weighted by molar-refractivity contribution is 7.92. The first-order chi connectivity index (χ1) is 8.91. The van der Waals surface area contributed by atoms with Gasteiger partial charge in [-0.2, -0.15) is 0 Å². The molecule has 1 saturated carbocycles. The average molecular weight is 284 g/mol. The molecule has 0 aliphatic heterocycles. The van der Waals surface area contributed by atoms with Crippen molar-refractivity contribution in [3.05, 3.63) is 35.9 Å². The zero-order chi connectivity index (χ0) is 14.3. The summed E-state index contributed by atoms with van der Waals surface area (Å²) in [5, 5.41) is 17.7. The minimum absolute atomic E-state index is 0.129. The van der Waals surface area contributed by atoms with E-state index in [1.807, 2.05) is 0 Å². The molecular weight excluding hydrogens is 268 g/mol. The van der Waals surface area contributed by atoms with E-state index in [0.29, 0.717) is 5.56 Å². The minimum atomic E-state index is -3.53. The molecule has 6 heteroatoms. The molecule has 1 fully saturated rings. The van der Waals surface area contributed by atoms with Crippen molar-refractivity contribution in [2.24, 2.45) is 5.41 Å². The summed E-state index contributed by atoms with van der Waals surface area (Å²) in [4.78, 5) is 11.4. The number of sulfone groups is 1. The number of carbonyl (C=O) groups is 1. The first-order valence-electron chi connectivity index (χ1n) is 6.02. The van der Waals surface area contributed by atoms with Crippen molar-refractivity contribution in [1.29, 1.82) is 0 Å². The lowest BCUT2D eigenvalue weighted by Gasteiger charge is -2.08. The van der Waals surface area contributed by atoms with Crippen LogP contribution in [0.5, 0.6) is 0 Å². The summed E-state index contributed by atoms with van der Waals surface area (Å²) in [5.41, 5.74) is -0.961. The van der Waals surface area contributed by atoms with Crippen molar-refractivity contribution in [1.82, 2.24) is 0 Å². The fourth-order valence-corrected chi connectivity index (χ4v) is 4.81. The van der Waals surface area contributed by atoms with Crippen LogP contribution in [0.2, 0.25) is 0 Å². The van der Waals surface area contributed by atoms with Gasteiger partial charge in [-0.1, -0.05) is 37.3 Å². The van der Waals surface area contributed by atoms with E-state index in [1.165, 1.54) is 6.92 Å². The second kappa shape index (κ2) is 4.61. The standard InChI is InChI=1S/C13H16O5S/c1-2-19(17,18)11-10(9-6-4-3-5-7-9)13(11,8-14)12(15)16/h3-7,10-11,14H,2,8H2,1H3,(H,15,16)/t10-,11-,13+/m1/s1. The van der Waals surface area contributed by atoms with Crippen molar-refractivity contribution >= 4 is 15.8 Å². The predicted molar refractivity (Wildman–Crippen MR) is 69.6 cm³/mol. The Morgan fingerprint density at radius 2 is 1.89 bits per heavy atom. The van der Waals surface area contributed by atoms with E-state index in [9.17, 15) is 23.4 Å². The maximum atomic E-state index is 12.0. The molecule has 0 unspecified atom stereocenters. The molecule has 0 heterocycles. The van der Waals surface area contributed by atoms with Crippen LogP contribution in [-0.2, 0) is 14.6 Å². The SMILES string of the molecule is CCS(=O)(=O)[C@@H]1[C@@H](c2ccccc2)[C@]1(CO)C(=O)O. The van der Waals surface area contributed by atoms with Crippen LogP contribution >= 0.6 is 0 Å². The van der Waals surface area contributed by atoms with Crippen molar-refractivity contribution in [3.63, 3.8) is 0 Å². The third-order valence-corrected chi connectivity index (χ3v) is 6.14. The smallest absolute Gasteiger partial charge is 0.314 e. The van der Waals surface area contributed by atoms with Crippen LogP contribution in [0, 0.1) is 5.41 Å². The Balaban J connectivity index is 2.51. The Kier molecular flexibility index (Phi) is 3.40. The van der Waals surface area contributed by atoms with E-state index in [1.54, 1.807) is 30.3 Å². The monoisotopic (exact) mass is 284 g/mol. The maximum Gasteiger partial charge on any atom is 0.314 e. The summed E-state index contributed by atoms with van der Waals surface area (Å²) >= 11 is 0. The van der Waals surface area contributed by atoms with Gasteiger partial charge in [0.05, 0.1) is 11.9 Å². The highest BCUT2D eigenvalue weighted by atomic mass is 32.2. The number of benzene rings is 1. The molecule has 1 aliphatic carbocycles. The molecule has 0 radical (unpaired) electrons. The van der Waals surface area contributed by atoms with Crippen LogP contribution in [0.3, 0.4) is 0 Å². The molecule has 3 atom stereocenters. The van der Waals surface area contributed by atoms with Crippen LogP contribution in [-0.4, -0.2) is 42.2 Å². The Bertz CT molecular complexity index is 580. The normalized spacial score (nSPS) is 30.0. The van der Waals surface area contributed by atoms with Gasteiger partial charge in [0, 0.05) is 11.7 Å². The molecule has 1 aromatic carbocycles. The summed E-state index contributed by atoms with van der Waals surface area (Å²) in [6.07, 6.45) is 0. The van der Waals surface area contributed by atoms with E-state index in [2.05, 4.69) is 0 Å². The number of aliphatic hydroxyl groups excluding tert-OH is 1. The molecule has 0 saturated heterocycles. The number of hydrogen-bond acceptors (Lipinski definition) is 4. The summed E-state index contributed by atoms with van der Waals surface area (Å²) in [7, 11) is -3.53. The summed E-state index contributed by atoms with van der Waals surface area (Å²) < 4.78 is 24.1. The van der Waals surface area contributed by atoms with Crippen molar-refractivity contribution in [2.45, 2.75) is 18.1 Å². The summed E-state index contributed by atoms with van der Waals surface area (Å²) in [6.45, 7) is 0.811. The Morgan fingerprint density at radius 1 is 1.32 bits per heavy atom. The van der Waals surface area contributed by atoms with Gasteiger partial charge < -0.3 is 10.2 Å². The lowest BCUT2D eigenvalue weighted by atomic mass is 10.0. The zero-order valence-corrected chi connectivity index (χ0v) is 11.3. The van der Waals surface area contributed by atoms with Crippen LogP contribution in [0.1, 0.15) is 18.4 Å². The fourth-order valence-electron chi connectivity index (χ4n) is 2.76. The van der Waals surface area contributed by atoms with Gasteiger partial charge in [0.15, 0.2) is 9.84 Å². The molecule has 0 aromatic heterocycles. The topological polar surface area (TPSA) is 91.7 Å². The van der Waals surface area contributed by atoms with Gasteiger partial charge in [0.2, 0.25) is 0 Å². The van der Waals surface area contributed by atoms with Gasteiger partial charge in [-0.3, -0.25) is 4.79 Å². The molecule has 0 bridgehead atoms. The van der Waals surface area contributed by atoms with Gasteiger partial charge >= 0.3 is 5.97 Å². The molecule has 1 aromatic rings. The molecule has 0 spiro atoms. The first kappa shape index (κ1) is 14.0. The number of aliphatic carboxylic acids is 1. The van der Waals surface area contributed by atoms with E-state index >= 15 is 0 Å². The molecule has 2 rings (SSSR count). The largest absolute Gasteiger partial charge is 0.481 e. The molecule has 0 amide bonds. The molecule has 2 N–H and O–H groups in total. The first-order valence-corrected chi connectivity index (χ1v) is 7.74. The van der Waals surface area contributed by atoms with E-state index < -0.39 is 39.0 Å². The number of carboxylic acid groups (broad SMARTS) is 1. The Morgan fingerprint density at radius 3 is 2.32 bits per heavy atom. The number of rotatable bonds is 5. The highest BCUT2D eigenvalue weighted by Crippen LogP contribution is 2.63. The van der Waals surface area contributed by atoms with Gasteiger partial charge in [-0.15, -0.1) is 0 Å². The zero-order valence-electron chi connectivity index (χ0n) is 10.5. The van der Waals surface area contributed by atoms with E-state index in [-0.39, 0.29) is 5.75 Å². The average Bonchev–Trinajstić information content (AvgIpc) is 3.11. The van der Waals surface area contributed by atoms with Crippen LogP contribution in [0.25, 0.3) is 0 Å². The molecular formula is C13H16O5S. The van der Waals surface area contributed by atoms with Gasteiger partial charge in [0.25, 0.3) is 0 Å². The van der Waals surface area contributed by atoms with Crippen LogP contribution in [0.15, 0.2) is 30.3 Å². The molecule has 104 valence electrons. The summed E-state index contributed by atoms with van der Waals surface area (Å²) in [5.74, 6) is -2.07. The van der Waals surface area contributed by atoms with Crippen molar-refractivity contribution in [2.75, 3.05) is 12.4 Å². The van der Waals surface area contributed by atoms with Crippen molar-refractivity contribution in [3.8, 4) is 0 Å². The minimum Gasteiger partial charge on any atom is -0.481 e. The summed E-state index contributed by atoms with van der Waals surface area (Å²) in [6, 6.07) is 8.63. The Hall–Kier alpha value is -1.40. The number of carboxylic acids is 1. The third kappa shape index (κ3) is 1.95. The van der Waals surface area contributed by atoms with E-state index in [4.69, 9.17) is 0 Å². The second-order valence-corrected chi connectivity index (χ2v) is 7.18. The number of hydrogen-bond donors (Lipinski definition) is 2. The van der Waals surface area contributed by atoms with Gasteiger partial charge in [-0.25, -0.2) is 8.42 Å². The van der Waals surface area contributed by atoms with Gasteiger partial charge in [-0.05, 0) is 5.56 Å². The van der Waals surface area contributed by atoms with Crippen molar-refractivity contribution < 1.29 is 23.4 Å². The predicted octanol–water partition coefficient (Wildman–Crippen LogP) is 0.650. The Labute approximate surface area is 111 Å². The van der Waals surface area contributed by atoms with Crippen LogP contribution in [0.4, 0.5) is 0 Å².